The Morgan fingerprint density at radius 1 is 1.64 bits per heavy atom. The number of nitrogens with zero attached hydrogens (tertiary/aromatic N) is 2. The average Bonchev–Trinajstić information content (AvgIpc) is 2.88. The molecule has 2 rings (SSSR count). The number of carbonyl (C=O) groups is 1. The summed E-state index contributed by atoms with van der Waals surface area (Å²) in [5.41, 5.74) is 0.267. The normalized spacial score (nSPS) is 10.1. The highest BCUT2D eigenvalue weighted by molar-refractivity contribution is 5.93. The number of aromatic nitrogens is 2. The van der Waals surface area contributed by atoms with Crippen molar-refractivity contribution in [2.75, 3.05) is 7.11 Å². The highest BCUT2D eigenvalue weighted by Gasteiger charge is 2.11. The van der Waals surface area contributed by atoms with Gasteiger partial charge in [-0.1, -0.05) is 0 Å². The smallest absolute Gasteiger partial charge is 0.283 e. The van der Waals surface area contributed by atoms with Crippen LogP contribution in [0.3, 0.4) is 0 Å². The minimum absolute atomic E-state index is 0.248. The average molecular weight is 192 g/mol. The number of carbonyl (C=O) groups excluding carboxylic acids is 1. The number of ether oxygens (including phenoxy) is 1. The van der Waals surface area contributed by atoms with Crippen molar-refractivity contribution in [3.8, 4) is 5.75 Å². The summed E-state index contributed by atoms with van der Waals surface area (Å²) in [6.45, 7) is 0. The van der Waals surface area contributed by atoms with E-state index >= 15 is 0 Å². The molecule has 0 saturated carbocycles. The maximum atomic E-state index is 11.6. The van der Waals surface area contributed by atoms with Crippen LogP contribution >= 0.6 is 0 Å². The molecule has 14 heavy (non-hydrogen) atoms. The van der Waals surface area contributed by atoms with Crippen LogP contribution < -0.4 is 4.74 Å². The molecule has 2 heterocycles. The van der Waals surface area contributed by atoms with Crippen LogP contribution in [0.25, 0.3) is 0 Å². The van der Waals surface area contributed by atoms with Gasteiger partial charge in [0, 0.05) is 6.20 Å². The molecule has 0 atom stereocenters. The molecule has 0 bridgehead atoms. The number of hydrogen-bond donors (Lipinski definition) is 0. The van der Waals surface area contributed by atoms with Crippen molar-refractivity contribution < 1.29 is 13.9 Å². The van der Waals surface area contributed by atoms with Crippen LogP contribution in [0.2, 0.25) is 0 Å². The summed E-state index contributed by atoms with van der Waals surface area (Å²) in [5.74, 6) is 0.379. The third-order valence-electron chi connectivity index (χ3n) is 1.79. The van der Waals surface area contributed by atoms with E-state index in [0.29, 0.717) is 5.75 Å². The topological polar surface area (TPSA) is 57.3 Å². The van der Waals surface area contributed by atoms with Gasteiger partial charge in [0.15, 0.2) is 12.1 Å². The fourth-order valence-corrected chi connectivity index (χ4v) is 1.07. The van der Waals surface area contributed by atoms with Gasteiger partial charge in [-0.3, -0.25) is 9.36 Å². The van der Waals surface area contributed by atoms with E-state index in [1.807, 2.05) is 0 Å². The lowest BCUT2D eigenvalue weighted by Gasteiger charge is -1.95. The maximum absolute atomic E-state index is 11.6. The van der Waals surface area contributed by atoms with Crippen LogP contribution in [0.1, 0.15) is 10.5 Å². The summed E-state index contributed by atoms with van der Waals surface area (Å²) in [7, 11) is 1.54. The van der Waals surface area contributed by atoms with Crippen LogP contribution in [-0.2, 0) is 0 Å². The number of methoxy groups -OCH3 is 1. The number of oxazole rings is 1. The van der Waals surface area contributed by atoms with Gasteiger partial charge in [0.25, 0.3) is 5.91 Å². The molecule has 0 aliphatic heterocycles. The molecule has 0 aromatic carbocycles. The standard InChI is InChI=1S/C9H8N2O3/c1-13-7-2-3-11(4-7)9(12)8-5-14-6-10-8/h2-6H,1H3. The van der Waals surface area contributed by atoms with Crippen LogP contribution in [0.15, 0.2) is 35.5 Å². The predicted octanol–water partition coefficient (Wildman–Crippen LogP) is 1.17. The SMILES string of the molecule is COc1ccn(C(=O)c2cocn2)c1. The molecular formula is C9H8N2O3. The van der Waals surface area contributed by atoms with Gasteiger partial charge in [0.2, 0.25) is 0 Å². The van der Waals surface area contributed by atoms with E-state index in [4.69, 9.17) is 9.15 Å². The molecule has 0 spiro atoms. The molecule has 0 unspecified atom stereocenters. The van der Waals surface area contributed by atoms with Gasteiger partial charge in [-0.05, 0) is 6.07 Å². The Morgan fingerprint density at radius 2 is 2.50 bits per heavy atom. The summed E-state index contributed by atoms with van der Waals surface area (Å²) >= 11 is 0. The molecule has 2 aromatic heterocycles. The molecule has 0 aliphatic carbocycles. The van der Waals surface area contributed by atoms with Crippen LogP contribution in [-0.4, -0.2) is 22.6 Å². The van der Waals surface area contributed by atoms with Gasteiger partial charge in [-0.15, -0.1) is 0 Å². The molecule has 0 radical (unpaired) electrons. The number of rotatable bonds is 2. The van der Waals surface area contributed by atoms with E-state index < -0.39 is 0 Å². The first-order chi connectivity index (χ1) is 6.81. The molecule has 0 fully saturated rings. The first-order valence-electron chi connectivity index (χ1n) is 3.96. The highest BCUT2D eigenvalue weighted by Crippen LogP contribution is 2.11. The predicted molar refractivity (Wildman–Crippen MR) is 47.2 cm³/mol. The second-order valence-corrected chi connectivity index (χ2v) is 2.64. The molecule has 72 valence electrons. The Kier molecular flexibility index (Phi) is 2.06. The van der Waals surface area contributed by atoms with Gasteiger partial charge >= 0.3 is 0 Å². The Bertz CT molecular complexity index is 431. The minimum atomic E-state index is -0.248. The Morgan fingerprint density at radius 3 is 3.07 bits per heavy atom. The van der Waals surface area contributed by atoms with E-state index in [1.165, 1.54) is 17.2 Å². The second-order valence-electron chi connectivity index (χ2n) is 2.64. The lowest BCUT2D eigenvalue weighted by Crippen LogP contribution is -2.09. The first kappa shape index (κ1) is 8.55. The third-order valence-corrected chi connectivity index (χ3v) is 1.79. The molecule has 2 aromatic rings. The zero-order valence-electron chi connectivity index (χ0n) is 7.51. The van der Waals surface area contributed by atoms with Crippen molar-refractivity contribution in [2.45, 2.75) is 0 Å². The van der Waals surface area contributed by atoms with E-state index in [2.05, 4.69) is 4.98 Å². The van der Waals surface area contributed by atoms with Crippen LogP contribution in [0.5, 0.6) is 5.75 Å². The van der Waals surface area contributed by atoms with E-state index in [1.54, 1.807) is 25.6 Å². The van der Waals surface area contributed by atoms with E-state index in [0.717, 1.165) is 0 Å². The monoisotopic (exact) mass is 192 g/mol. The molecule has 0 aliphatic rings. The maximum Gasteiger partial charge on any atom is 0.283 e. The lowest BCUT2D eigenvalue weighted by atomic mass is 10.4. The molecule has 5 nitrogen and oxygen atoms in total. The Labute approximate surface area is 79.9 Å². The molecule has 0 N–H and O–H groups in total. The van der Waals surface area contributed by atoms with Gasteiger partial charge in [0.1, 0.15) is 12.0 Å². The van der Waals surface area contributed by atoms with Crippen LogP contribution in [0, 0.1) is 0 Å². The zero-order valence-corrected chi connectivity index (χ0v) is 7.51. The van der Waals surface area contributed by atoms with Crippen molar-refractivity contribution in [3.05, 3.63) is 36.8 Å². The highest BCUT2D eigenvalue weighted by atomic mass is 16.5. The summed E-state index contributed by atoms with van der Waals surface area (Å²) in [6, 6.07) is 1.69. The minimum Gasteiger partial charge on any atom is -0.495 e. The fourth-order valence-electron chi connectivity index (χ4n) is 1.07. The quantitative estimate of drug-likeness (QED) is 0.716. The fraction of sp³-hybridized carbons (Fsp3) is 0.111. The van der Waals surface area contributed by atoms with Crippen LogP contribution in [0.4, 0.5) is 0 Å². The Hall–Kier alpha value is -2.04. The third kappa shape index (κ3) is 1.39. The van der Waals surface area contributed by atoms with Crippen molar-refractivity contribution >= 4 is 5.91 Å². The molecule has 5 heteroatoms. The van der Waals surface area contributed by atoms with Gasteiger partial charge < -0.3 is 9.15 Å². The molecule has 0 saturated heterocycles. The van der Waals surface area contributed by atoms with E-state index in [9.17, 15) is 4.79 Å². The van der Waals surface area contributed by atoms with Crippen molar-refractivity contribution in [1.29, 1.82) is 0 Å². The lowest BCUT2D eigenvalue weighted by molar-refractivity contribution is 0.0955. The van der Waals surface area contributed by atoms with Crippen molar-refractivity contribution in [3.63, 3.8) is 0 Å². The largest absolute Gasteiger partial charge is 0.495 e. The zero-order chi connectivity index (χ0) is 9.97. The molecule has 0 amide bonds. The summed E-state index contributed by atoms with van der Waals surface area (Å²) < 4.78 is 11.0. The summed E-state index contributed by atoms with van der Waals surface area (Å²) in [4.78, 5) is 15.4. The van der Waals surface area contributed by atoms with Gasteiger partial charge in [-0.25, -0.2) is 4.98 Å². The van der Waals surface area contributed by atoms with Crippen molar-refractivity contribution in [1.82, 2.24) is 9.55 Å². The van der Waals surface area contributed by atoms with Gasteiger partial charge in [0.05, 0.1) is 13.3 Å². The first-order valence-corrected chi connectivity index (χ1v) is 3.96. The Balaban J connectivity index is 2.28. The number of hydrogen-bond acceptors (Lipinski definition) is 4. The summed E-state index contributed by atoms with van der Waals surface area (Å²) in [6.07, 6.45) is 5.70. The second kappa shape index (κ2) is 3.37. The summed E-state index contributed by atoms with van der Waals surface area (Å²) in [5, 5.41) is 0. The van der Waals surface area contributed by atoms with Crippen molar-refractivity contribution in [2.24, 2.45) is 0 Å². The molecular weight excluding hydrogens is 184 g/mol. The van der Waals surface area contributed by atoms with Gasteiger partial charge in [-0.2, -0.15) is 0 Å². The van der Waals surface area contributed by atoms with E-state index in [-0.39, 0.29) is 11.6 Å².